The van der Waals surface area contributed by atoms with Crippen LogP contribution >= 0.6 is 0 Å². The van der Waals surface area contributed by atoms with Crippen LogP contribution in [0.15, 0.2) is 42.5 Å². The lowest BCUT2D eigenvalue weighted by Crippen LogP contribution is -2.41. The van der Waals surface area contributed by atoms with Crippen LogP contribution in [0.25, 0.3) is 0 Å². The number of likely N-dealkylation sites (N-methyl/N-ethyl adjacent to an activating group) is 1. The van der Waals surface area contributed by atoms with Crippen LogP contribution in [0.3, 0.4) is 0 Å². The SMILES string of the molecule is COC(=O)c1cc(C(=O)N(C)CC2COc3ccccc3O2)cc([N+](=O)[O-])c1. The third kappa shape index (κ3) is 4.03. The van der Waals surface area contributed by atoms with E-state index in [0.717, 1.165) is 19.2 Å². The third-order valence-electron chi connectivity index (χ3n) is 4.19. The van der Waals surface area contributed by atoms with Gasteiger partial charge in [-0.1, -0.05) is 12.1 Å². The van der Waals surface area contributed by atoms with Crippen molar-refractivity contribution in [3.05, 3.63) is 63.7 Å². The zero-order valence-corrected chi connectivity index (χ0v) is 15.3. The van der Waals surface area contributed by atoms with E-state index in [2.05, 4.69) is 4.74 Å². The first kappa shape index (κ1) is 19.2. The van der Waals surface area contributed by atoms with Gasteiger partial charge in [-0.25, -0.2) is 4.79 Å². The Kier molecular flexibility index (Phi) is 5.44. The lowest BCUT2D eigenvalue weighted by molar-refractivity contribution is -0.384. The molecule has 1 aliphatic rings. The molecular formula is C19H18N2O7. The van der Waals surface area contributed by atoms with Gasteiger partial charge in [-0.2, -0.15) is 0 Å². The van der Waals surface area contributed by atoms with E-state index in [1.54, 1.807) is 19.2 Å². The third-order valence-corrected chi connectivity index (χ3v) is 4.19. The maximum absolute atomic E-state index is 12.8. The van der Waals surface area contributed by atoms with Gasteiger partial charge in [-0.3, -0.25) is 14.9 Å². The summed E-state index contributed by atoms with van der Waals surface area (Å²) in [6.07, 6.45) is -0.400. The van der Waals surface area contributed by atoms with Crippen LogP contribution in [-0.2, 0) is 4.74 Å². The van der Waals surface area contributed by atoms with Crippen molar-refractivity contribution in [2.45, 2.75) is 6.10 Å². The molecule has 146 valence electrons. The molecule has 0 bridgehead atoms. The number of ether oxygens (including phenoxy) is 3. The van der Waals surface area contributed by atoms with Crippen LogP contribution in [0.1, 0.15) is 20.7 Å². The van der Waals surface area contributed by atoms with Gasteiger partial charge in [-0.05, 0) is 18.2 Å². The van der Waals surface area contributed by atoms with Crippen LogP contribution in [-0.4, -0.2) is 55.1 Å². The molecule has 2 aromatic rings. The predicted molar refractivity (Wildman–Crippen MR) is 97.7 cm³/mol. The molecule has 3 rings (SSSR count). The number of rotatable bonds is 5. The van der Waals surface area contributed by atoms with Gasteiger partial charge in [0.25, 0.3) is 11.6 Å². The molecule has 0 saturated heterocycles. The molecule has 28 heavy (non-hydrogen) atoms. The Morgan fingerprint density at radius 3 is 2.57 bits per heavy atom. The van der Waals surface area contributed by atoms with Crippen molar-refractivity contribution in [3.8, 4) is 11.5 Å². The van der Waals surface area contributed by atoms with E-state index in [-0.39, 0.29) is 30.0 Å². The molecule has 0 N–H and O–H groups in total. The molecule has 9 nitrogen and oxygen atoms in total. The predicted octanol–water partition coefficient (Wildman–Crippen LogP) is 2.29. The quantitative estimate of drug-likeness (QED) is 0.441. The van der Waals surface area contributed by atoms with Crippen molar-refractivity contribution >= 4 is 17.6 Å². The molecule has 1 aliphatic heterocycles. The van der Waals surface area contributed by atoms with Crippen LogP contribution in [0.5, 0.6) is 11.5 Å². The highest BCUT2D eigenvalue weighted by atomic mass is 16.6. The second-order valence-electron chi connectivity index (χ2n) is 6.20. The number of nitrogens with zero attached hydrogens (tertiary/aromatic N) is 2. The second-order valence-corrected chi connectivity index (χ2v) is 6.20. The van der Waals surface area contributed by atoms with E-state index >= 15 is 0 Å². The number of esters is 1. The Hall–Kier alpha value is -3.62. The largest absolute Gasteiger partial charge is 0.486 e. The number of carbonyl (C=O) groups excluding carboxylic acids is 2. The minimum atomic E-state index is -0.763. The van der Waals surface area contributed by atoms with Gasteiger partial charge in [0.05, 0.1) is 24.1 Å². The first-order chi connectivity index (χ1) is 13.4. The van der Waals surface area contributed by atoms with E-state index in [1.165, 1.54) is 11.0 Å². The molecule has 0 spiro atoms. The highest BCUT2D eigenvalue weighted by molar-refractivity contribution is 5.98. The van der Waals surface area contributed by atoms with Crippen molar-refractivity contribution in [2.24, 2.45) is 0 Å². The van der Waals surface area contributed by atoms with Crippen molar-refractivity contribution in [1.29, 1.82) is 0 Å². The molecule has 0 saturated carbocycles. The van der Waals surface area contributed by atoms with Gasteiger partial charge >= 0.3 is 5.97 Å². The summed E-state index contributed by atoms with van der Waals surface area (Å²) in [5.41, 5.74) is -0.431. The fourth-order valence-electron chi connectivity index (χ4n) is 2.84. The number of methoxy groups -OCH3 is 1. The normalized spacial score (nSPS) is 14.9. The topological polar surface area (TPSA) is 108 Å². The van der Waals surface area contributed by atoms with E-state index in [1.807, 2.05) is 12.1 Å². The summed E-state index contributed by atoms with van der Waals surface area (Å²) >= 11 is 0. The van der Waals surface area contributed by atoms with E-state index in [9.17, 15) is 19.7 Å². The average Bonchev–Trinajstić information content (AvgIpc) is 2.72. The summed E-state index contributed by atoms with van der Waals surface area (Å²) in [4.78, 5) is 36.3. The fourth-order valence-corrected chi connectivity index (χ4v) is 2.84. The van der Waals surface area contributed by atoms with Crippen LogP contribution in [0.4, 0.5) is 5.69 Å². The number of nitro benzene ring substituents is 1. The summed E-state index contributed by atoms with van der Waals surface area (Å²) in [5.74, 6) is -0.0330. The van der Waals surface area contributed by atoms with Gasteiger partial charge in [0.15, 0.2) is 17.6 Å². The van der Waals surface area contributed by atoms with Gasteiger partial charge in [-0.15, -0.1) is 0 Å². The monoisotopic (exact) mass is 386 g/mol. The molecule has 0 aliphatic carbocycles. The molecule has 2 aromatic carbocycles. The lowest BCUT2D eigenvalue weighted by Gasteiger charge is -2.29. The minimum absolute atomic E-state index is 0.00854. The van der Waals surface area contributed by atoms with Gasteiger partial charge in [0.1, 0.15) is 6.61 Å². The maximum atomic E-state index is 12.8. The van der Waals surface area contributed by atoms with E-state index in [4.69, 9.17) is 9.47 Å². The number of hydrogen-bond acceptors (Lipinski definition) is 7. The highest BCUT2D eigenvalue weighted by Gasteiger charge is 2.26. The zero-order chi connectivity index (χ0) is 20.3. The molecule has 1 atom stereocenters. The summed E-state index contributed by atoms with van der Waals surface area (Å²) in [5, 5.41) is 11.1. The van der Waals surface area contributed by atoms with Crippen LogP contribution in [0, 0.1) is 10.1 Å². The minimum Gasteiger partial charge on any atom is -0.486 e. The van der Waals surface area contributed by atoms with Crippen molar-refractivity contribution in [1.82, 2.24) is 4.90 Å². The van der Waals surface area contributed by atoms with Crippen molar-refractivity contribution in [3.63, 3.8) is 0 Å². The molecular weight excluding hydrogens is 368 g/mol. The second kappa shape index (κ2) is 7.95. The fraction of sp³-hybridized carbons (Fsp3) is 0.263. The Bertz CT molecular complexity index is 928. The smallest absolute Gasteiger partial charge is 0.338 e. The molecule has 1 amide bonds. The molecule has 0 radical (unpaired) electrons. The Morgan fingerprint density at radius 1 is 1.21 bits per heavy atom. The first-order valence-corrected chi connectivity index (χ1v) is 8.40. The van der Waals surface area contributed by atoms with Gasteiger partial charge in [0.2, 0.25) is 0 Å². The maximum Gasteiger partial charge on any atom is 0.338 e. The van der Waals surface area contributed by atoms with Gasteiger partial charge < -0.3 is 19.1 Å². The molecule has 9 heteroatoms. The summed E-state index contributed by atoms with van der Waals surface area (Å²) in [6.45, 7) is 0.459. The number of fused-ring (bicyclic) bond motifs is 1. The number of para-hydroxylation sites is 2. The number of amides is 1. The Labute approximate surface area is 160 Å². The van der Waals surface area contributed by atoms with Crippen molar-refractivity contribution in [2.75, 3.05) is 27.3 Å². The first-order valence-electron chi connectivity index (χ1n) is 8.40. The lowest BCUT2D eigenvalue weighted by atomic mass is 10.1. The number of carbonyl (C=O) groups is 2. The number of non-ortho nitro benzene ring substituents is 1. The van der Waals surface area contributed by atoms with Gasteiger partial charge in [0, 0.05) is 24.7 Å². The molecule has 1 heterocycles. The number of hydrogen-bond donors (Lipinski definition) is 0. The Morgan fingerprint density at radius 2 is 1.89 bits per heavy atom. The number of benzene rings is 2. The average molecular weight is 386 g/mol. The van der Waals surface area contributed by atoms with E-state index in [0.29, 0.717) is 11.5 Å². The van der Waals surface area contributed by atoms with E-state index < -0.39 is 22.9 Å². The van der Waals surface area contributed by atoms with Crippen LogP contribution in [0.2, 0.25) is 0 Å². The molecule has 1 unspecified atom stereocenters. The summed E-state index contributed by atoms with van der Waals surface area (Å²) in [7, 11) is 2.70. The zero-order valence-electron chi connectivity index (χ0n) is 15.3. The van der Waals surface area contributed by atoms with Crippen molar-refractivity contribution < 1.29 is 28.7 Å². The standard InChI is InChI=1S/C19H18N2O7/c1-20(10-15-11-27-16-5-3-4-6-17(16)28-15)18(22)12-7-13(19(23)26-2)9-14(8-12)21(24)25/h3-9,15H,10-11H2,1-2H3. The Balaban J connectivity index is 1.77. The van der Waals surface area contributed by atoms with Crippen LogP contribution < -0.4 is 9.47 Å². The molecule has 0 fully saturated rings. The summed E-state index contributed by atoms with van der Waals surface area (Å²) < 4.78 is 16.1. The highest BCUT2D eigenvalue weighted by Crippen LogP contribution is 2.31. The molecule has 0 aromatic heterocycles. The summed E-state index contributed by atoms with van der Waals surface area (Å²) in [6, 6.07) is 10.7. The number of nitro groups is 1.